The van der Waals surface area contributed by atoms with E-state index in [1.165, 1.54) is 42.1 Å². The Morgan fingerprint density at radius 2 is 1.73 bits per heavy atom. The van der Waals surface area contributed by atoms with E-state index in [-0.39, 0.29) is 66.7 Å². The van der Waals surface area contributed by atoms with E-state index in [0.29, 0.717) is 10.7 Å². The fraction of sp³-hybridized carbons (Fsp3) is 0.286. The first kappa shape index (κ1) is 37.8. The van der Waals surface area contributed by atoms with Gasteiger partial charge in [0.15, 0.2) is 5.82 Å². The molecule has 1 saturated carbocycles. The fourth-order valence-electron chi connectivity index (χ4n) is 7.58. The van der Waals surface area contributed by atoms with Crippen molar-refractivity contribution in [1.29, 1.82) is 0 Å². The smallest absolute Gasteiger partial charge is 0.293 e. The minimum atomic E-state index is -3.90. The SMILES string of the molecule is Cn1nc(NS(C)(=O)=O)c2c(Cl)ccc(-n3c(C(Cc4cc(F)cc(F)c4)NC(=O)Cn4nc(C(F)F)c5c4C(F)(F)[C@@H]4C[C@H]54)nc4cccc(Cl)c4c3=O)c21. The van der Waals surface area contributed by atoms with Gasteiger partial charge in [0.2, 0.25) is 15.9 Å². The van der Waals surface area contributed by atoms with Crippen LogP contribution in [-0.2, 0) is 40.8 Å². The lowest BCUT2D eigenvalue weighted by atomic mass is 10.0. The van der Waals surface area contributed by atoms with E-state index in [2.05, 4.69) is 25.2 Å². The van der Waals surface area contributed by atoms with Gasteiger partial charge < -0.3 is 5.32 Å². The van der Waals surface area contributed by atoms with Crippen LogP contribution in [0.25, 0.3) is 27.5 Å². The average Bonchev–Trinajstić information content (AvgIpc) is 3.63. The Morgan fingerprint density at radius 3 is 2.41 bits per heavy atom. The number of sulfonamides is 1. The number of hydrogen-bond acceptors (Lipinski definition) is 7. The number of carbonyl (C=O) groups is 1. The van der Waals surface area contributed by atoms with E-state index < -0.39 is 87.7 Å². The van der Waals surface area contributed by atoms with Crippen LogP contribution < -0.4 is 15.6 Å². The van der Waals surface area contributed by atoms with Gasteiger partial charge in [0, 0.05) is 31.0 Å². The first-order valence-electron chi connectivity index (χ1n) is 16.7. The van der Waals surface area contributed by atoms with E-state index in [1.807, 2.05) is 0 Å². The Labute approximate surface area is 322 Å². The van der Waals surface area contributed by atoms with Crippen molar-refractivity contribution < 1.29 is 39.6 Å². The number of hydrogen-bond donors (Lipinski definition) is 2. The fourth-order valence-corrected chi connectivity index (χ4v) is 8.57. The van der Waals surface area contributed by atoms with Crippen molar-refractivity contribution in [3.63, 3.8) is 0 Å². The summed E-state index contributed by atoms with van der Waals surface area (Å²) in [5.74, 6) is -9.02. The molecule has 2 N–H and O–H groups in total. The number of halogens is 8. The second-order valence-electron chi connectivity index (χ2n) is 13.7. The van der Waals surface area contributed by atoms with Crippen LogP contribution in [0.5, 0.6) is 0 Å². The van der Waals surface area contributed by atoms with Crippen molar-refractivity contribution in [2.24, 2.45) is 13.0 Å². The molecule has 3 heterocycles. The van der Waals surface area contributed by atoms with Gasteiger partial charge in [-0.25, -0.2) is 31.0 Å². The minimum Gasteiger partial charge on any atom is -0.344 e. The summed E-state index contributed by atoms with van der Waals surface area (Å²) in [6.07, 6.45) is -2.76. The molecular formula is C35H26Cl2F6N8O4S. The molecule has 2 aliphatic carbocycles. The Bertz CT molecular complexity index is 2810. The minimum absolute atomic E-state index is 0.000498. The van der Waals surface area contributed by atoms with Crippen molar-refractivity contribution in [1.82, 2.24) is 34.4 Å². The number of amides is 1. The molecule has 12 nitrogen and oxygen atoms in total. The standard InChI is InChI=1S/C35H26Cl2F6N8O4S/c1-49-29-23(7-6-20(37)27(29)32(47-49)48-56(2,54)55)51-33(45-21-5-3-4-19(36)26(21)34(51)53)22(10-14-8-15(38)11-16(39)9-14)44-24(52)13-50-30-25(28(46-50)31(40)41)17-12-18(17)35(30,42)43/h3-9,11,17-18,22,31H,10,12-13H2,1-2H3,(H,44,52)(H,47,48)/t17-,18+,22?/m0/s1. The summed E-state index contributed by atoms with van der Waals surface area (Å²) in [7, 11) is -2.46. The third-order valence-electron chi connectivity index (χ3n) is 9.78. The van der Waals surface area contributed by atoms with Crippen LogP contribution in [0.1, 0.15) is 53.1 Å². The number of nitrogens with one attached hydrogen (secondary N) is 2. The van der Waals surface area contributed by atoms with Crippen LogP contribution >= 0.6 is 23.2 Å². The summed E-state index contributed by atoms with van der Waals surface area (Å²) in [6, 6.07) is 8.15. The number of anilines is 1. The van der Waals surface area contributed by atoms with Crippen LogP contribution in [0.15, 0.2) is 53.3 Å². The molecule has 6 aromatic rings. The van der Waals surface area contributed by atoms with Crippen molar-refractivity contribution in [3.8, 4) is 5.69 Å². The molecule has 3 aromatic carbocycles. The number of nitrogens with zero attached hydrogens (tertiary/aromatic N) is 6. The topological polar surface area (TPSA) is 146 Å². The molecule has 3 aromatic heterocycles. The van der Waals surface area contributed by atoms with Crippen molar-refractivity contribution in [2.75, 3.05) is 11.0 Å². The molecule has 0 saturated heterocycles. The Hall–Kier alpha value is -5.14. The van der Waals surface area contributed by atoms with Gasteiger partial charge in [-0.2, -0.15) is 19.0 Å². The lowest BCUT2D eigenvalue weighted by Gasteiger charge is -2.24. The van der Waals surface area contributed by atoms with Crippen molar-refractivity contribution in [2.45, 2.75) is 43.7 Å². The predicted octanol–water partition coefficient (Wildman–Crippen LogP) is 6.67. The molecule has 56 heavy (non-hydrogen) atoms. The maximum atomic E-state index is 15.4. The first-order chi connectivity index (χ1) is 26.3. The first-order valence-corrected chi connectivity index (χ1v) is 19.3. The zero-order chi connectivity index (χ0) is 40.2. The molecule has 1 fully saturated rings. The summed E-state index contributed by atoms with van der Waals surface area (Å²) in [5.41, 5.74) is -2.66. The van der Waals surface area contributed by atoms with Crippen molar-refractivity contribution >= 4 is 66.8 Å². The summed E-state index contributed by atoms with van der Waals surface area (Å²) >= 11 is 13.1. The highest BCUT2D eigenvalue weighted by Crippen LogP contribution is 2.68. The molecule has 0 radical (unpaired) electrons. The van der Waals surface area contributed by atoms with Gasteiger partial charge in [-0.3, -0.25) is 28.2 Å². The normalized spacial score (nSPS) is 17.7. The molecule has 1 amide bonds. The number of aryl methyl sites for hydroxylation is 1. The molecule has 3 atom stereocenters. The van der Waals surface area contributed by atoms with Crippen LogP contribution in [0.3, 0.4) is 0 Å². The summed E-state index contributed by atoms with van der Waals surface area (Å²) < 4.78 is 117. The summed E-state index contributed by atoms with van der Waals surface area (Å²) in [4.78, 5) is 33.3. The van der Waals surface area contributed by atoms with Gasteiger partial charge in [-0.1, -0.05) is 29.3 Å². The lowest BCUT2D eigenvalue weighted by molar-refractivity contribution is -0.123. The van der Waals surface area contributed by atoms with E-state index in [4.69, 9.17) is 23.2 Å². The largest absolute Gasteiger partial charge is 0.344 e. The molecule has 2 aliphatic rings. The zero-order valence-corrected chi connectivity index (χ0v) is 31.1. The van der Waals surface area contributed by atoms with Crippen LogP contribution in [-0.4, -0.2) is 49.7 Å². The van der Waals surface area contributed by atoms with Crippen LogP contribution in [0.4, 0.5) is 32.2 Å². The second-order valence-corrected chi connectivity index (χ2v) is 16.2. The number of aromatic nitrogens is 6. The summed E-state index contributed by atoms with van der Waals surface area (Å²) in [5, 5.41) is 10.5. The molecule has 8 rings (SSSR count). The third-order valence-corrected chi connectivity index (χ3v) is 11.0. The highest BCUT2D eigenvalue weighted by molar-refractivity contribution is 7.92. The van der Waals surface area contributed by atoms with Crippen molar-refractivity contribution in [3.05, 3.63) is 109 Å². The van der Waals surface area contributed by atoms with Gasteiger partial charge in [0.1, 0.15) is 35.4 Å². The highest BCUT2D eigenvalue weighted by Gasteiger charge is 2.67. The molecule has 1 unspecified atom stereocenters. The van der Waals surface area contributed by atoms with Gasteiger partial charge in [-0.15, -0.1) is 0 Å². The van der Waals surface area contributed by atoms with Gasteiger partial charge in [0.25, 0.3) is 17.9 Å². The monoisotopic (exact) mass is 838 g/mol. The predicted molar refractivity (Wildman–Crippen MR) is 193 cm³/mol. The lowest BCUT2D eigenvalue weighted by Crippen LogP contribution is -2.38. The van der Waals surface area contributed by atoms with E-state index in [9.17, 15) is 35.6 Å². The number of fused-ring (bicyclic) bond motifs is 5. The number of rotatable bonds is 10. The van der Waals surface area contributed by atoms with E-state index in [1.54, 1.807) is 0 Å². The number of benzene rings is 3. The van der Waals surface area contributed by atoms with Gasteiger partial charge in [0.05, 0.1) is 49.8 Å². The van der Waals surface area contributed by atoms with Crippen LogP contribution in [0, 0.1) is 17.6 Å². The molecule has 0 spiro atoms. The average molecular weight is 840 g/mol. The molecular weight excluding hydrogens is 813 g/mol. The maximum Gasteiger partial charge on any atom is 0.293 e. The number of alkyl halides is 4. The summed E-state index contributed by atoms with van der Waals surface area (Å²) in [6.45, 7) is -0.977. The van der Waals surface area contributed by atoms with Crippen LogP contribution in [0.2, 0.25) is 10.0 Å². The molecule has 292 valence electrons. The Morgan fingerprint density at radius 1 is 1.04 bits per heavy atom. The Balaban J connectivity index is 1.32. The zero-order valence-electron chi connectivity index (χ0n) is 28.8. The molecule has 0 bridgehead atoms. The molecule has 0 aliphatic heterocycles. The molecule has 21 heteroatoms. The van der Waals surface area contributed by atoms with E-state index in [0.717, 1.165) is 23.0 Å². The Kier molecular flexibility index (Phi) is 8.92. The van der Waals surface area contributed by atoms with E-state index >= 15 is 8.78 Å². The third kappa shape index (κ3) is 6.34. The maximum absolute atomic E-state index is 15.4. The highest BCUT2D eigenvalue weighted by atomic mass is 35.5. The second kappa shape index (κ2) is 13.2. The quantitative estimate of drug-likeness (QED) is 0.147. The van der Waals surface area contributed by atoms with Gasteiger partial charge >= 0.3 is 0 Å². The number of carbonyl (C=O) groups excluding carboxylic acids is 1. The van der Waals surface area contributed by atoms with Gasteiger partial charge in [-0.05, 0) is 54.3 Å².